The lowest BCUT2D eigenvalue weighted by molar-refractivity contribution is -0.132. The molecule has 1 aliphatic heterocycles. The standard InChI is InChI=1S/C21H25N3O3/c1-17(25)24(16-21(26)23-14-12-22(2)13-15-23)19-10-6-7-11-20(19)27-18-8-4-3-5-9-18/h3-11H,12-16H2,1-2H3. The van der Waals surface area contributed by atoms with Crippen molar-refractivity contribution in [1.82, 2.24) is 9.80 Å². The summed E-state index contributed by atoms with van der Waals surface area (Å²) in [7, 11) is 2.04. The molecule has 0 spiro atoms. The largest absolute Gasteiger partial charge is 0.455 e. The van der Waals surface area contributed by atoms with Gasteiger partial charge in [0, 0.05) is 33.1 Å². The lowest BCUT2D eigenvalue weighted by Crippen LogP contribution is -2.50. The van der Waals surface area contributed by atoms with E-state index in [0.29, 0.717) is 30.3 Å². The Balaban J connectivity index is 1.79. The van der Waals surface area contributed by atoms with E-state index >= 15 is 0 Å². The van der Waals surface area contributed by atoms with Crippen LogP contribution in [0.2, 0.25) is 0 Å². The van der Waals surface area contributed by atoms with Crippen LogP contribution in [0.4, 0.5) is 5.69 Å². The van der Waals surface area contributed by atoms with E-state index < -0.39 is 0 Å². The number of rotatable bonds is 5. The van der Waals surface area contributed by atoms with Gasteiger partial charge in [0.05, 0.1) is 5.69 Å². The number of likely N-dealkylation sites (N-methyl/N-ethyl adjacent to an activating group) is 1. The molecule has 1 fully saturated rings. The summed E-state index contributed by atoms with van der Waals surface area (Å²) in [5.74, 6) is 0.985. The van der Waals surface area contributed by atoms with Gasteiger partial charge in [-0.05, 0) is 31.3 Å². The van der Waals surface area contributed by atoms with E-state index in [-0.39, 0.29) is 18.4 Å². The Hall–Kier alpha value is -2.86. The SMILES string of the molecule is CC(=O)N(CC(=O)N1CCN(C)CC1)c1ccccc1Oc1ccccc1. The van der Waals surface area contributed by atoms with Crippen LogP contribution in [0.1, 0.15) is 6.92 Å². The van der Waals surface area contributed by atoms with Crippen molar-refractivity contribution >= 4 is 17.5 Å². The summed E-state index contributed by atoms with van der Waals surface area (Å²) in [6.45, 7) is 4.54. The van der Waals surface area contributed by atoms with Crippen molar-refractivity contribution in [2.24, 2.45) is 0 Å². The summed E-state index contributed by atoms with van der Waals surface area (Å²) in [4.78, 5) is 30.5. The lowest BCUT2D eigenvalue weighted by Gasteiger charge is -2.34. The summed E-state index contributed by atoms with van der Waals surface area (Å²) in [6, 6.07) is 16.7. The van der Waals surface area contributed by atoms with Crippen molar-refractivity contribution in [1.29, 1.82) is 0 Å². The normalized spacial score (nSPS) is 14.7. The predicted octanol–water partition coefficient (Wildman–Crippen LogP) is 2.61. The molecule has 6 nitrogen and oxygen atoms in total. The van der Waals surface area contributed by atoms with Crippen LogP contribution in [-0.4, -0.2) is 61.4 Å². The van der Waals surface area contributed by atoms with Gasteiger partial charge in [-0.15, -0.1) is 0 Å². The highest BCUT2D eigenvalue weighted by molar-refractivity contribution is 5.98. The maximum absolute atomic E-state index is 12.7. The van der Waals surface area contributed by atoms with Gasteiger partial charge >= 0.3 is 0 Å². The molecule has 142 valence electrons. The molecule has 1 aliphatic rings. The van der Waals surface area contributed by atoms with Gasteiger partial charge in [-0.25, -0.2) is 0 Å². The molecule has 0 radical (unpaired) electrons. The minimum atomic E-state index is -0.193. The highest BCUT2D eigenvalue weighted by Gasteiger charge is 2.24. The number of benzene rings is 2. The molecular formula is C21H25N3O3. The first-order valence-electron chi connectivity index (χ1n) is 9.11. The second-order valence-corrected chi connectivity index (χ2v) is 6.67. The van der Waals surface area contributed by atoms with Crippen molar-refractivity contribution in [2.45, 2.75) is 6.92 Å². The van der Waals surface area contributed by atoms with E-state index in [1.54, 1.807) is 12.1 Å². The maximum Gasteiger partial charge on any atom is 0.242 e. The minimum absolute atomic E-state index is 0.00815. The van der Waals surface area contributed by atoms with Gasteiger partial charge in [0.1, 0.15) is 12.3 Å². The summed E-state index contributed by atoms with van der Waals surface area (Å²) in [5.41, 5.74) is 0.594. The van der Waals surface area contributed by atoms with E-state index in [2.05, 4.69) is 4.90 Å². The summed E-state index contributed by atoms with van der Waals surface area (Å²) >= 11 is 0. The zero-order valence-corrected chi connectivity index (χ0v) is 15.8. The number of ether oxygens (including phenoxy) is 1. The van der Waals surface area contributed by atoms with Gasteiger partial charge in [0.15, 0.2) is 5.75 Å². The molecule has 0 aromatic heterocycles. The van der Waals surface area contributed by atoms with Crippen LogP contribution in [0.15, 0.2) is 54.6 Å². The molecule has 0 saturated carbocycles. The van der Waals surface area contributed by atoms with Crippen LogP contribution in [-0.2, 0) is 9.59 Å². The zero-order chi connectivity index (χ0) is 19.2. The fourth-order valence-electron chi connectivity index (χ4n) is 3.04. The Kier molecular flexibility index (Phi) is 6.08. The minimum Gasteiger partial charge on any atom is -0.455 e. The molecule has 0 bridgehead atoms. The van der Waals surface area contributed by atoms with Crippen molar-refractivity contribution in [3.05, 3.63) is 54.6 Å². The Morgan fingerprint density at radius 3 is 2.26 bits per heavy atom. The number of hydrogen-bond donors (Lipinski definition) is 0. The molecule has 3 rings (SSSR count). The second kappa shape index (κ2) is 8.68. The first-order chi connectivity index (χ1) is 13.0. The van der Waals surface area contributed by atoms with Crippen LogP contribution in [0.5, 0.6) is 11.5 Å². The molecule has 0 aliphatic carbocycles. The number of amides is 2. The Labute approximate surface area is 159 Å². The van der Waals surface area contributed by atoms with Gasteiger partial charge in [-0.1, -0.05) is 30.3 Å². The number of carbonyl (C=O) groups excluding carboxylic acids is 2. The summed E-state index contributed by atoms with van der Waals surface area (Å²) in [5, 5.41) is 0. The predicted molar refractivity (Wildman–Crippen MR) is 105 cm³/mol. The molecule has 2 aromatic carbocycles. The fraction of sp³-hybridized carbons (Fsp3) is 0.333. The van der Waals surface area contributed by atoms with E-state index in [1.807, 2.05) is 54.4 Å². The average Bonchev–Trinajstić information content (AvgIpc) is 2.68. The number of carbonyl (C=O) groups is 2. The van der Waals surface area contributed by atoms with E-state index in [0.717, 1.165) is 13.1 Å². The second-order valence-electron chi connectivity index (χ2n) is 6.67. The molecule has 0 atom stereocenters. The molecule has 27 heavy (non-hydrogen) atoms. The highest BCUT2D eigenvalue weighted by Crippen LogP contribution is 2.32. The summed E-state index contributed by atoms with van der Waals surface area (Å²) < 4.78 is 5.96. The van der Waals surface area contributed by atoms with Crippen molar-refractivity contribution < 1.29 is 14.3 Å². The smallest absolute Gasteiger partial charge is 0.242 e. The average molecular weight is 367 g/mol. The topological polar surface area (TPSA) is 53.1 Å². The quantitative estimate of drug-likeness (QED) is 0.815. The van der Waals surface area contributed by atoms with E-state index in [4.69, 9.17) is 4.74 Å². The van der Waals surface area contributed by atoms with Crippen LogP contribution >= 0.6 is 0 Å². The first-order valence-corrected chi connectivity index (χ1v) is 9.11. The number of nitrogens with zero attached hydrogens (tertiary/aromatic N) is 3. The zero-order valence-electron chi connectivity index (χ0n) is 15.8. The molecule has 1 saturated heterocycles. The molecule has 0 N–H and O–H groups in total. The Morgan fingerprint density at radius 1 is 0.963 bits per heavy atom. The first kappa shape index (κ1) is 18.9. The van der Waals surface area contributed by atoms with Crippen LogP contribution < -0.4 is 9.64 Å². The number of hydrogen-bond acceptors (Lipinski definition) is 4. The van der Waals surface area contributed by atoms with E-state index in [9.17, 15) is 9.59 Å². The molecule has 1 heterocycles. The van der Waals surface area contributed by atoms with E-state index in [1.165, 1.54) is 11.8 Å². The molecule has 0 unspecified atom stereocenters. The summed E-state index contributed by atoms with van der Waals surface area (Å²) in [6.07, 6.45) is 0. The molecule has 2 aromatic rings. The van der Waals surface area contributed by atoms with Gasteiger partial charge < -0.3 is 14.5 Å². The molecule has 6 heteroatoms. The van der Waals surface area contributed by atoms with Crippen molar-refractivity contribution in [3.8, 4) is 11.5 Å². The lowest BCUT2D eigenvalue weighted by atomic mass is 10.2. The van der Waals surface area contributed by atoms with Crippen molar-refractivity contribution in [3.63, 3.8) is 0 Å². The van der Waals surface area contributed by atoms with Crippen LogP contribution in [0.3, 0.4) is 0 Å². The van der Waals surface area contributed by atoms with Crippen LogP contribution in [0.25, 0.3) is 0 Å². The van der Waals surface area contributed by atoms with Gasteiger partial charge in [-0.2, -0.15) is 0 Å². The molecular weight excluding hydrogens is 342 g/mol. The van der Waals surface area contributed by atoms with Crippen LogP contribution in [0, 0.1) is 0 Å². The highest BCUT2D eigenvalue weighted by atomic mass is 16.5. The third-order valence-electron chi connectivity index (χ3n) is 4.66. The third kappa shape index (κ3) is 4.86. The van der Waals surface area contributed by atoms with Gasteiger partial charge in [-0.3, -0.25) is 14.5 Å². The van der Waals surface area contributed by atoms with Gasteiger partial charge in [0.25, 0.3) is 0 Å². The number of para-hydroxylation sites is 3. The maximum atomic E-state index is 12.7. The number of anilines is 1. The number of piperazine rings is 1. The monoisotopic (exact) mass is 367 g/mol. The third-order valence-corrected chi connectivity index (χ3v) is 4.66. The fourth-order valence-corrected chi connectivity index (χ4v) is 3.04. The Morgan fingerprint density at radius 2 is 1.59 bits per heavy atom. The van der Waals surface area contributed by atoms with Crippen molar-refractivity contribution in [2.75, 3.05) is 44.7 Å². The molecule has 2 amide bonds. The Bertz CT molecular complexity index is 786. The van der Waals surface area contributed by atoms with Gasteiger partial charge in [0.2, 0.25) is 11.8 Å².